The van der Waals surface area contributed by atoms with Gasteiger partial charge in [-0.25, -0.2) is 0 Å². The van der Waals surface area contributed by atoms with Crippen molar-refractivity contribution in [2.75, 3.05) is 6.61 Å². The van der Waals surface area contributed by atoms with Gasteiger partial charge >= 0.3 is 0 Å². The Hall–Kier alpha value is -1.94. The molecule has 4 heteroatoms. The molecule has 0 aromatic heterocycles. The normalized spacial score (nSPS) is 24.2. The average molecular weight is 328 g/mol. The predicted octanol–water partition coefficient (Wildman–Crippen LogP) is 4.25. The number of Topliss-reactive ketones (excluding diaryl/α,β-unsaturated/α-hetero) is 2. The zero-order chi connectivity index (χ0) is 17.1. The molecule has 2 aliphatic carbocycles. The molecule has 1 aromatic rings. The molecule has 1 aromatic carbocycles. The summed E-state index contributed by atoms with van der Waals surface area (Å²) >= 11 is 0. The van der Waals surface area contributed by atoms with E-state index in [0.717, 1.165) is 45.1 Å². The van der Waals surface area contributed by atoms with Crippen molar-refractivity contribution in [3.63, 3.8) is 0 Å². The van der Waals surface area contributed by atoms with Crippen molar-refractivity contribution < 1.29 is 19.4 Å². The van der Waals surface area contributed by atoms with E-state index in [9.17, 15) is 14.7 Å². The van der Waals surface area contributed by atoms with Gasteiger partial charge in [-0.2, -0.15) is 0 Å². The fourth-order valence-electron chi connectivity index (χ4n) is 3.67. The van der Waals surface area contributed by atoms with Gasteiger partial charge in [-0.05, 0) is 38.0 Å². The fraction of sp³-hybridized carbons (Fsp3) is 0.500. The van der Waals surface area contributed by atoms with Gasteiger partial charge in [0.25, 0.3) is 0 Å². The molecule has 0 unspecified atom stereocenters. The Labute approximate surface area is 142 Å². The molecule has 0 bridgehead atoms. The van der Waals surface area contributed by atoms with Crippen LogP contribution in [0.25, 0.3) is 0 Å². The first-order valence-electron chi connectivity index (χ1n) is 8.86. The quantitative estimate of drug-likeness (QED) is 0.821. The lowest BCUT2D eigenvalue weighted by Crippen LogP contribution is -2.30. The van der Waals surface area contributed by atoms with E-state index < -0.39 is 5.78 Å². The van der Waals surface area contributed by atoms with Gasteiger partial charge in [-0.3, -0.25) is 9.59 Å². The minimum Gasteiger partial charge on any atom is -0.504 e. The maximum Gasteiger partial charge on any atom is 0.228 e. The minimum absolute atomic E-state index is 0.0548. The highest BCUT2D eigenvalue weighted by Gasteiger charge is 2.37. The van der Waals surface area contributed by atoms with Crippen molar-refractivity contribution in [3.05, 3.63) is 46.7 Å². The molecule has 0 saturated heterocycles. The van der Waals surface area contributed by atoms with Crippen LogP contribution in [-0.2, 0) is 4.74 Å². The van der Waals surface area contributed by atoms with E-state index in [1.54, 1.807) is 24.3 Å². The van der Waals surface area contributed by atoms with Crippen molar-refractivity contribution in [1.29, 1.82) is 0 Å². The highest BCUT2D eigenvalue weighted by Crippen LogP contribution is 2.37. The monoisotopic (exact) mass is 328 g/mol. The first-order valence-corrected chi connectivity index (χ1v) is 8.86. The third-order valence-electron chi connectivity index (χ3n) is 5.07. The molecule has 0 amide bonds. The van der Waals surface area contributed by atoms with E-state index in [1.165, 1.54) is 0 Å². The van der Waals surface area contributed by atoms with Crippen LogP contribution in [0.1, 0.15) is 66.2 Å². The molecular weight excluding hydrogens is 304 g/mol. The van der Waals surface area contributed by atoms with Crippen LogP contribution in [0.15, 0.2) is 35.6 Å². The van der Waals surface area contributed by atoms with Crippen LogP contribution in [0.4, 0.5) is 0 Å². The molecule has 1 saturated carbocycles. The Bertz CT molecular complexity index is 666. The second-order valence-electron chi connectivity index (χ2n) is 6.66. The van der Waals surface area contributed by atoms with Crippen LogP contribution in [0, 0.1) is 5.92 Å². The summed E-state index contributed by atoms with van der Waals surface area (Å²) in [5.74, 6) is -1.03. The molecule has 3 rings (SSSR count). The number of rotatable bonds is 5. The summed E-state index contributed by atoms with van der Waals surface area (Å²) in [7, 11) is 0. The number of allylic oxidation sites excluding steroid dienone is 2. The van der Waals surface area contributed by atoms with E-state index in [-0.39, 0.29) is 23.6 Å². The van der Waals surface area contributed by atoms with Crippen LogP contribution >= 0.6 is 0 Å². The number of hydrogen-bond donors (Lipinski definition) is 1. The Morgan fingerprint density at radius 1 is 1.04 bits per heavy atom. The van der Waals surface area contributed by atoms with Gasteiger partial charge in [0, 0.05) is 23.3 Å². The van der Waals surface area contributed by atoms with Crippen LogP contribution in [0.3, 0.4) is 0 Å². The van der Waals surface area contributed by atoms with Crippen LogP contribution in [-0.4, -0.2) is 29.4 Å². The highest BCUT2D eigenvalue weighted by molar-refractivity contribution is 6.26. The highest BCUT2D eigenvalue weighted by atomic mass is 16.5. The second kappa shape index (κ2) is 7.31. The molecule has 0 heterocycles. The topological polar surface area (TPSA) is 63.6 Å². The van der Waals surface area contributed by atoms with Gasteiger partial charge in [0.15, 0.2) is 11.5 Å². The minimum atomic E-state index is -0.429. The van der Waals surface area contributed by atoms with E-state index >= 15 is 0 Å². The van der Waals surface area contributed by atoms with Crippen molar-refractivity contribution in [1.82, 2.24) is 0 Å². The molecule has 2 aliphatic rings. The number of aliphatic hydroxyl groups is 1. The lowest BCUT2D eigenvalue weighted by atomic mass is 9.75. The molecule has 0 spiro atoms. The number of unbranched alkanes of at least 4 members (excludes halogenated alkanes) is 1. The zero-order valence-electron chi connectivity index (χ0n) is 14.1. The molecular formula is C20H24O4. The third-order valence-corrected chi connectivity index (χ3v) is 5.07. The lowest BCUT2D eigenvalue weighted by Gasteiger charge is -2.31. The maximum absolute atomic E-state index is 12.8. The van der Waals surface area contributed by atoms with Gasteiger partial charge in [0.1, 0.15) is 0 Å². The Kier molecular flexibility index (Phi) is 5.14. The number of carbonyl (C=O) groups is 2. The van der Waals surface area contributed by atoms with E-state index in [4.69, 9.17) is 4.74 Å². The first-order chi connectivity index (χ1) is 11.6. The third kappa shape index (κ3) is 3.16. The molecule has 24 heavy (non-hydrogen) atoms. The lowest BCUT2D eigenvalue weighted by molar-refractivity contribution is 0.0194. The molecule has 4 nitrogen and oxygen atoms in total. The molecule has 0 aliphatic heterocycles. The van der Waals surface area contributed by atoms with E-state index in [0.29, 0.717) is 16.7 Å². The molecule has 1 fully saturated rings. The summed E-state index contributed by atoms with van der Waals surface area (Å²) in [6.45, 7) is 2.92. The summed E-state index contributed by atoms with van der Waals surface area (Å²) in [6.07, 6.45) is 5.70. The average Bonchev–Trinajstić information content (AvgIpc) is 2.61. The number of aliphatic hydroxyl groups excluding tert-OH is 1. The standard InChI is InChI=1S/C20H24O4/c1-2-3-12-24-14-10-8-13(9-11-14)17-18(21)15-6-4-5-7-16(15)19(22)20(17)23/h4-7,13-14,23H,2-3,8-12H2,1H3. The van der Waals surface area contributed by atoms with Crippen LogP contribution in [0.5, 0.6) is 0 Å². The largest absolute Gasteiger partial charge is 0.504 e. The summed E-state index contributed by atoms with van der Waals surface area (Å²) in [6, 6.07) is 6.73. The summed E-state index contributed by atoms with van der Waals surface area (Å²) < 4.78 is 5.86. The number of carbonyl (C=O) groups excluding carboxylic acids is 2. The van der Waals surface area contributed by atoms with Gasteiger partial charge in [0.2, 0.25) is 5.78 Å². The Morgan fingerprint density at radius 2 is 1.67 bits per heavy atom. The van der Waals surface area contributed by atoms with Crippen LogP contribution < -0.4 is 0 Å². The zero-order valence-corrected chi connectivity index (χ0v) is 14.1. The maximum atomic E-state index is 12.8. The van der Waals surface area contributed by atoms with Gasteiger partial charge in [-0.15, -0.1) is 0 Å². The number of hydrogen-bond acceptors (Lipinski definition) is 4. The summed E-state index contributed by atoms with van der Waals surface area (Å²) in [4.78, 5) is 25.1. The van der Waals surface area contributed by atoms with Crippen LogP contribution in [0.2, 0.25) is 0 Å². The first kappa shape index (κ1) is 16.9. The van der Waals surface area contributed by atoms with Gasteiger partial charge in [0.05, 0.1) is 6.10 Å². The molecule has 1 N–H and O–H groups in total. The Balaban J connectivity index is 1.73. The predicted molar refractivity (Wildman–Crippen MR) is 91.4 cm³/mol. The molecule has 128 valence electrons. The number of ketones is 2. The van der Waals surface area contributed by atoms with E-state index in [1.807, 2.05) is 0 Å². The summed E-state index contributed by atoms with van der Waals surface area (Å²) in [5, 5.41) is 10.3. The van der Waals surface area contributed by atoms with E-state index in [2.05, 4.69) is 6.92 Å². The van der Waals surface area contributed by atoms with Crippen molar-refractivity contribution in [3.8, 4) is 0 Å². The smallest absolute Gasteiger partial charge is 0.228 e. The SMILES string of the molecule is CCCCOC1CCC(C2=C(O)C(=O)c3ccccc3C2=O)CC1. The van der Waals surface area contributed by atoms with Gasteiger partial charge in [-0.1, -0.05) is 37.6 Å². The van der Waals surface area contributed by atoms with Crippen molar-refractivity contribution in [2.24, 2.45) is 5.92 Å². The van der Waals surface area contributed by atoms with Crippen molar-refractivity contribution >= 4 is 11.6 Å². The number of fused-ring (bicyclic) bond motifs is 1. The fourth-order valence-corrected chi connectivity index (χ4v) is 3.67. The molecule has 0 atom stereocenters. The summed E-state index contributed by atoms with van der Waals surface area (Å²) in [5.41, 5.74) is 1.03. The van der Waals surface area contributed by atoms with Gasteiger partial charge < -0.3 is 9.84 Å². The molecule has 0 radical (unpaired) electrons. The second-order valence-corrected chi connectivity index (χ2v) is 6.66. The van der Waals surface area contributed by atoms with Crippen molar-refractivity contribution in [2.45, 2.75) is 51.6 Å². The number of benzene rings is 1. The number of ether oxygens (including phenoxy) is 1. The Morgan fingerprint density at radius 3 is 2.29 bits per heavy atom.